The highest BCUT2D eigenvalue weighted by Crippen LogP contribution is 2.25. The zero-order valence-corrected chi connectivity index (χ0v) is 13.0. The summed E-state index contributed by atoms with van der Waals surface area (Å²) in [6.45, 7) is 5.82. The van der Waals surface area contributed by atoms with Crippen LogP contribution in [-0.4, -0.2) is 5.78 Å². The van der Waals surface area contributed by atoms with Crippen molar-refractivity contribution in [1.29, 1.82) is 5.26 Å². The largest absolute Gasteiger partial charge is 0.292 e. The average molecular weight is 298 g/mol. The van der Waals surface area contributed by atoms with Crippen LogP contribution in [0, 0.1) is 32.1 Å². The maximum absolute atomic E-state index is 12.7. The van der Waals surface area contributed by atoms with Crippen LogP contribution in [0.1, 0.15) is 38.5 Å². The first-order valence-electron chi connectivity index (χ1n) is 6.71. The van der Waals surface area contributed by atoms with E-state index < -0.39 is 5.92 Å². The van der Waals surface area contributed by atoms with E-state index in [1.54, 1.807) is 18.2 Å². The minimum Gasteiger partial charge on any atom is -0.292 e. The summed E-state index contributed by atoms with van der Waals surface area (Å²) in [5, 5.41) is 9.93. The van der Waals surface area contributed by atoms with Gasteiger partial charge in [-0.25, -0.2) is 0 Å². The molecule has 0 N–H and O–H groups in total. The molecule has 0 radical (unpaired) electrons. The molecule has 0 saturated carbocycles. The molecule has 0 bridgehead atoms. The van der Waals surface area contributed by atoms with E-state index in [9.17, 15) is 10.1 Å². The quantitative estimate of drug-likeness (QED) is 0.767. The molecule has 2 rings (SSSR count). The van der Waals surface area contributed by atoms with E-state index in [2.05, 4.69) is 6.07 Å². The Morgan fingerprint density at radius 1 is 1.05 bits per heavy atom. The van der Waals surface area contributed by atoms with Crippen LogP contribution in [-0.2, 0) is 0 Å². The summed E-state index contributed by atoms with van der Waals surface area (Å²) in [4.78, 5) is 12.7. The molecule has 2 aromatic rings. The molecule has 106 valence electrons. The number of benzene rings is 2. The lowest BCUT2D eigenvalue weighted by Crippen LogP contribution is -2.13. The van der Waals surface area contributed by atoms with Crippen LogP contribution in [0.4, 0.5) is 0 Å². The van der Waals surface area contributed by atoms with Gasteiger partial charge in [0, 0.05) is 10.6 Å². The Morgan fingerprint density at radius 3 is 2.33 bits per heavy atom. The molecular formula is C18H16ClNO. The zero-order valence-electron chi connectivity index (χ0n) is 12.3. The topological polar surface area (TPSA) is 40.9 Å². The van der Waals surface area contributed by atoms with Crippen molar-refractivity contribution in [2.24, 2.45) is 0 Å². The number of aryl methyl sites for hydroxylation is 3. The van der Waals surface area contributed by atoms with Crippen molar-refractivity contribution in [1.82, 2.24) is 0 Å². The maximum Gasteiger partial charge on any atom is 0.184 e. The second-order valence-corrected chi connectivity index (χ2v) is 5.67. The Kier molecular flexibility index (Phi) is 4.45. The van der Waals surface area contributed by atoms with E-state index in [0.717, 1.165) is 22.3 Å². The van der Waals surface area contributed by atoms with Crippen molar-refractivity contribution in [3.8, 4) is 6.07 Å². The Morgan fingerprint density at radius 2 is 1.71 bits per heavy atom. The molecule has 2 aromatic carbocycles. The molecule has 0 fully saturated rings. The Bertz CT molecular complexity index is 743. The van der Waals surface area contributed by atoms with Gasteiger partial charge in [-0.3, -0.25) is 4.79 Å². The van der Waals surface area contributed by atoms with Crippen LogP contribution in [0.5, 0.6) is 0 Å². The van der Waals surface area contributed by atoms with E-state index in [-0.39, 0.29) is 5.78 Å². The van der Waals surface area contributed by atoms with Crippen LogP contribution in [0.2, 0.25) is 5.02 Å². The van der Waals surface area contributed by atoms with E-state index in [4.69, 9.17) is 11.6 Å². The Hall–Kier alpha value is -2.11. The molecule has 2 nitrogen and oxygen atoms in total. The average Bonchev–Trinajstić information content (AvgIpc) is 2.46. The molecule has 21 heavy (non-hydrogen) atoms. The van der Waals surface area contributed by atoms with Gasteiger partial charge in [-0.2, -0.15) is 5.26 Å². The van der Waals surface area contributed by atoms with Gasteiger partial charge in [-0.05, 0) is 55.2 Å². The van der Waals surface area contributed by atoms with Crippen LogP contribution >= 0.6 is 11.6 Å². The molecule has 0 aliphatic heterocycles. The summed E-state index contributed by atoms with van der Waals surface area (Å²) in [5.41, 5.74) is 4.27. The number of nitrogens with zero attached hydrogens (tertiary/aromatic N) is 1. The van der Waals surface area contributed by atoms with Gasteiger partial charge in [-0.1, -0.05) is 35.9 Å². The molecule has 0 aliphatic carbocycles. The highest BCUT2D eigenvalue weighted by molar-refractivity contribution is 6.31. The monoisotopic (exact) mass is 297 g/mol. The van der Waals surface area contributed by atoms with Crippen LogP contribution in [0.3, 0.4) is 0 Å². The summed E-state index contributed by atoms with van der Waals surface area (Å²) in [6.07, 6.45) is 0. The third kappa shape index (κ3) is 3.15. The molecule has 0 spiro atoms. The number of ketones is 1. The lowest BCUT2D eigenvalue weighted by Gasteiger charge is -2.12. The molecule has 1 atom stereocenters. The van der Waals surface area contributed by atoms with E-state index in [1.807, 2.05) is 39.0 Å². The Labute approximate surface area is 130 Å². The molecule has 0 aromatic heterocycles. The third-order valence-electron chi connectivity index (χ3n) is 3.72. The summed E-state index contributed by atoms with van der Waals surface area (Å²) < 4.78 is 0. The minimum atomic E-state index is -0.804. The number of hydrogen-bond donors (Lipinski definition) is 0. The van der Waals surface area contributed by atoms with Gasteiger partial charge >= 0.3 is 0 Å². The fourth-order valence-corrected chi connectivity index (χ4v) is 2.42. The number of rotatable bonds is 3. The molecule has 0 aliphatic rings. The molecule has 1 unspecified atom stereocenters. The van der Waals surface area contributed by atoms with Crippen LogP contribution < -0.4 is 0 Å². The molecule has 0 heterocycles. The van der Waals surface area contributed by atoms with E-state index in [0.29, 0.717) is 10.6 Å². The summed E-state index contributed by atoms with van der Waals surface area (Å²) in [6, 6.07) is 13.0. The zero-order chi connectivity index (χ0) is 15.6. The molecular weight excluding hydrogens is 282 g/mol. The van der Waals surface area contributed by atoms with Crippen LogP contribution in [0.25, 0.3) is 0 Å². The van der Waals surface area contributed by atoms with Crippen LogP contribution in [0.15, 0.2) is 36.4 Å². The molecule has 0 amide bonds. The van der Waals surface area contributed by atoms with E-state index in [1.165, 1.54) is 0 Å². The maximum atomic E-state index is 12.7. The highest BCUT2D eigenvalue weighted by atomic mass is 35.5. The van der Waals surface area contributed by atoms with Gasteiger partial charge in [0.15, 0.2) is 5.78 Å². The van der Waals surface area contributed by atoms with Crippen molar-refractivity contribution in [2.75, 3.05) is 0 Å². The van der Waals surface area contributed by atoms with Gasteiger partial charge in [0.05, 0.1) is 6.07 Å². The summed E-state index contributed by atoms with van der Waals surface area (Å²) >= 11 is 5.97. The summed E-state index contributed by atoms with van der Waals surface area (Å²) in [5.74, 6) is -1.01. The van der Waals surface area contributed by atoms with Crippen molar-refractivity contribution in [3.63, 3.8) is 0 Å². The molecule has 3 heteroatoms. The van der Waals surface area contributed by atoms with Gasteiger partial charge in [0.1, 0.15) is 5.92 Å². The first-order chi connectivity index (χ1) is 9.93. The van der Waals surface area contributed by atoms with Crippen molar-refractivity contribution < 1.29 is 4.79 Å². The van der Waals surface area contributed by atoms with Gasteiger partial charge in [0.25, 0.3) is 0 Å². The first-order valence-corrected chi connectivity index (χ1v) is 7.09. The number of Topliss-reactive ketones (excluding diaryl/α,β-unsaturated/α-hetero) is 1. The van der Waals surface area contributed by atoms with E-state index >= 15 is 0 Å². The smallest absolute Gasteiger partial charge is 0.184 e. The molecule has 0 saturated heterocycles. The second kappa shape index (κ2) is 6.11. The van der Waals surface area contributed by atoms with Gasteiger partial charge in [0.2, 0.25) is 0 Å². The van der Waals surface area contributed by atoms with Crippen molar-refractivity contribution >= 4 is 17.4 Å². The van der Waals surface area contributed by atoms with Gasteiger partial charge < -0.3 is 0 Å². The SMILES string of the molecule is Cc1ccc(C(C#N)C(=O)c2cc(Cl)ccc2C)cc1C. The summed E-state index contributed by atoms with van der Waals surface area (Å²) in [7, 11) is 0. The number of halogens is 1. The number of carbonyl (C=O) groups is 1. The second-order valence-electron chi connectivity index (χ2n) is 5.23. The number of nitriles is 1. The van der Waals surface area contributed by atoms with Crippen molar-refractivity contribution in [2.45, 2.75) is 26.7 Å². The van der Waals surface area contributed by atoms with Crippen molar-refractivity contribution in [3.05, 3.63) is 69.2 Å². The third-order valence-corrected chi connectivity index (χ3v) is 3.96. The number of hydrogen-bond acceptors (Lipinski definition) is 2. The predicted octanol–water partition coefficient (Wildman–Crippen LogP) is 4.76. The minimum absolute atomic E-state index is 0.208. The fraction of sp³-hybridized carbons (Fsp3) is 0.222. The normalized spacial score (nSPS) is 11.8. The first kappa shape index (κ1) is 15.3. The lowest BCUT2D eigenvalue weighted by molar-refractivity contribution is 0.0978. The Balaban J connectivity index is 2.46. The van der Waals surface area contributed by atoms with Gasteiger partial charge in [-0.15, -0.1) is 0 Å². The number of carbonyl (C=O) groups excluding carboxylic acids is 1. The predicted molar refractivity (Wildman–Crippen MR) is 84.8 cm³/mol. The fourth-order valence-electron chi connectivity index (χ4n) is 2.24. The standard InChI is InChI=1S/C18H16ClNO/c1-11-4-6-14(8-13(11)3)17(10-20)18(21)16-9-15(19)7-5-12(16)2/h4-9,17H,1-3H3. The lowest BCUT2D eigenvalue weighted by atomic mass is 9.88. The highest BCUT2D eigenvalue weighted by Gasteiger charge is 2.23.